The lowest BCUT2D eigenvalue weighted by Gasteiger charge is -2.64. The molecule has 4 unspecified atom stereocenters. The monoisotopic (exact) mass is 110 g/mol. The first-order valence-corrected chi connectivity index (χ1v) is 3.58. The zero-order valence-corrected chi connectivity index (χ0v) is 4.84. The van der Waals surface area contributed by atoms with Crippen molar-refractivity contribution in [3.63, 3.8) is 0 Å². The maximum absolute atomic E-state index is 5.36. The maximum atomic E-state index is 5.36. The molecular formula is C7H10O. The van der Waals surface area contributed by atoms with Crippen molar-refractivity contribution < 1.29 is 4.74 Å². The van der Waals surface area contributed by atoms with Crippen molar-refractivity contribution in [3.8, 4) is 0 Å². The number of ether oxygens (including phenoxy) is 1. The summed E-state index contributed by atoms with van der Waals surface area (Å²) in [5, 5.41) is 0. The highest BCUT2D eigenvalue weighted by molar-refractivity contribution is 5.08. The van der Waals surface area contributed by atoms with Gasteiger partial charge in [-0.2, -0.15) is 0 Å². The van der Waals surface area contributed by atoms with Crippen molar-refractivity contribution in [1.29, 1.82) is 0 Å². The molecule has 0 aromatic carbocycles. The van der Waals surface area contributed by atoms with E-state index in [4.69, 9.17) is 4.74 Å². The van der Waals surface area contributed by atoms with Crippen LogP contribution >= 0.6 is 0 Å². The molecule has 0 spiro atoms. The number of hydrogen-bond acceptors (Lipinski definition) is 1. The Morgan fingerprint density at radius 1 is 1.00 bits per heavy atom. The van der Waals surface area contributed by atoms with Crippen molar-refractivity contribution in [2.75, 3.05) is 6.61 Å². The van der Waals surface area contributed by atoms with Gasteiger partial charge in [-0.3, -0.25) is 0 Å². The standard InChI is InChI=1S/C7H10O/c1-2-5-4(1)6-3-8-7(5)6/h4-7H,1-3H2. The highest BCUT2D eigenvalue weighted by atomic mass is 16.5. The van der Waals surface area contributed by atoms with Crippen LogP contribution in [-0.4, -0.2) is 12.7 Å². The molecule has 4 atom stereocenters. The molecule has 0 amide bonds. The Morgan fingerprint density at radius 2 is 1.88 bits per heavy atom. The molecule has 2 aliphatic carbocycles. The fourth-order valence-corrected chi connectivity index (χ4v) is 2.47. The molecule has 3 aliphatic rings. The molecule has 44 valence electrons. The van der Waals surface area contributed by atoms with Crippen LogP contribution in [0.3, 0.4) is 0 Å². The third kappa shape index (κ3) is 0.218. The molecule has 0 radical (unpaired) electrons. The van der Waals surface area contributed by atoms with Gasteiger partial charge in [0.2, 0.25) is 0 Å². The van der Waals surface area contributed by atoms with Gasteiger partial charge in [-0.05, 0) is 24.7 Å². The van der Waals surface area contributed by atoms with Gasteiger partial charge in [0, 0.05) is 5.92 Å². The summed E-state index contributed by atoms with van der Waals surface area (Å²) in [4.78, 5) is 0. The zero-order valence-electron chi connectivity index (χ0n) is 4.84. The van der Waals surface area contributed by atoms with Gasteiger partial charge < -0.3 is 4.74 Å². The second-order valence-electron chi connectivity index (χ2n) is 3.37. The molecular weight excluding hydrogens is 100 g/mol. The average molecular weight is 110 g/mol. The predicted molar refractivity (Wildman–Crippen MR) is 29.4 cm³/mol. The van der Waals surface area contributed by atoms with Crippen LogP contribution in [-0.2, 0) is 4.74 Å². The Morgan fingerprint density at radius 3 is 2.00 bits per heavy atom. The molecule has 0 aromatic rings. The Hall–Kier alpha value is -0.0400. The molecule has 0 bridgehead atoms. The largest absolute Gasteiger partial charge is 0.377 e. The van der Waals surface area contributed by atoms with Crippen LogP contribution in [0.1, 0.15) is 12.8 Å². The van der Waals surface area contributed by atoms with E-state index in [9.17, 15) is 0 Å². The molecule has 1 aliphatic heterocycles. The summed E-state index contributed by atoms with van der Waals surface area (Å²) in [5.74, 6) is 3.16. The summed E-state index contributed by atoms with van der Waals surface area (Å²) >= 11 is 0. The molecule has 3 rings (SSSR count). The fraction of sp³-hybridized carbons (Fsp3) is 1.00. The quantitative estimate of drug-likeness (QED) is 0.452. The second-order valence-corrected chi connectivity index (χ2v) is 3.37. The third-order valence-electron chi connectivity index (χ3n) is 3.26. The van der Waals surface area contributed by atoms with Gasteiger partial charge in [-0.25, -0.2) is 0 Å². The highest BCUT2D eigenvalue weighted by Crippen LogP contribution is 2.59. The van der Waals surface area contributed by atoms with Crippen molar-refractivity contribution in [2.45, 2.75) is 18.9 Å². The molecule has 1 heteroatoms. The van der Waals surface area contributed by atoms with Crippen LogP contribution in [0.25, 0.3) is 0 Å². The molecule has 8 heavy (non-hydrogen) atoms. The third-order valence-corrected chi connectivity index (χ3v) is 3.26. The Labute approximate surface area is 49.0 Å². The maximum Gasteiger partial charge on any atom is 0.0659 e. The van der Waals surface area contributed by atoms with E-state index in [-0.39, 0.29) is 0 Å². The molecule has 3 fully saturated rings. The normalized spacial score (nSPS) is 66.0. The Kier molecular flexibility index (Phi) is 0.472. The van der Waals surface area contributed by atoms with E-state index in [0.717, 1.165) is 30.5 Å². The van der Waals surface area contributed by atoms with E-state index >= 15 is 0 Å². The molecule has 1 nitrogen and oxygen atoms in total. The SMILES string of the molecule is C1CC2C1C1COC21. The van der Waals surface area contributed by atoms with Gasteiger partial charge in [0.05, 0.1) is 12.7 Å². The highest BCUT2D eigenvalue weighted by Gasteiger charge is 2.60. The smallest absolute Gasteiger partial charge is 0.0659 e. The zero-order chi connectivity index (χ0) is 5.14. The summed E-state index contributed by atoms with van der Waals surface area (Å²) in [5.41, 5.74) is 0. The van der Waals surface area contributed by atoms with Gasteiger partial charge in [0.15, 0.2) is 0 Å². The van der Waals surface area contributed by atoms with Crippen LogP contribution in [0, 0.1) is 17.8 Å². The lowest BCUT2D eigenvalue weighted by molar-refractivity contribution is -0.288. The van der Waals surface area contributed by atoms with Crippen LogP contribution < -0.4 is 0 Å². The van der Waals surface area contributed by atoms with Gasteiger partial charge in [-0.15, -0.1) is 0 Å². The molecule has 0 N–H and O–H groups in total. The van der Waals surface area contributed by atoms with E-state index in [1.807, 2.05) is 0 Å². The van der Waals surface area contributed by atoms with Gasteiger partial charge in [0.25, 0.3) is 0 Å². The number of hydrogen-bond donors (Lipinski definition) is 0. The van der Waals surface area contributed by atoms with Crippen LogP contribution in [0.4, 0.5) is 0 Å². The van der Waals surface area contributed by atoms with E-state index in [1.54, 1.807) is 0 Å². The minimum Gasteiger partial charge on any atom is -0.377 e. The van der Waals surface area contributed by atoms with Crippen molar-refractivity contribution in [2.24, 2.45) is 17.8 Å². The lowest BCUT2D eigenvalue weighted by Crippen LogP contribution is -2.66. The average Bonchev–Trinajstić information content (AvgIpc) is 1.70. The first-order chi connectivity index (χ1) is 3.97. The first-order valence-electron chi connectivity index (χ1n) is 3.58. The van der Waals surface area contributed by atoms with E-state index in [0.29, 0.717) is 0 Å². The van der Waals surface area contributed by atoms with Crippen molar-refractivity contribution in [1.82, 2.24) is 0 Å². The van der Waals surface area contributed by atoms with E-state index < -0.39 is 0 Å². The summed E-state index contributed by atoms with van der Waals surface area (Å²) in [6.07, 6.45) is 3.72. The van der Waals surface area contributed by atoms with Crippen molar-refractivity contribution >= 4 is 0 Å². The van der Waals surface area contributed by atoms with Crippen LogP contribution in [0.15, 0.2) is 0 Å². The van der Waals surface area contributed by atoms with E-state index in [2.05, 4.69) is 0 Å². The van der Waals surface area contributed by atoms with Gasteiger partial charge in [0.1, 0.15) is 0 Å². The second kappa shape index (κ2) is 0.971. The minimum absolute atomic E-state index is 0.744. The summed E-state index contributed by atoms with van der Waals surface area (Å²) < 4.78 is 5.36. The molecule has 1 heterocycles. The number of rotatable bonds is 0. The molecule has 2 saturated carbocycles. The number of fused-ring (bicyclic) bond motifs is 4. The van der Waals surface area contributed by atoms with Crippen molar-refractivity contribution in [3.05, 3.63) is 0 Å². The minimum atomic E-state index is 0.744. The molecule has 0 aromatic heterocycles. The lowest BCUT2D eigenvalue weighted by atomic mass is 9.49. The summed E-state index contributed by atoms with van der Waals surface area (Å²) in [6, 6.07) is 0. The van der Waals surface area contributed by atoms with E-state index in [1.165, 1.54) is 12.8 Å². The fourth-order valence-electron chi connectivity index (χ4n) is 2.47. The molecule has 1 saturated heterocycles. The predicted octanol–water partition coefficient (Wildman–Crippen LogP) is 1.04. The topological polar surface area (TPSA) is 9.23 Å². The van der Waals surface area contributed by atoms with Gasteiger partial charge in [-0.1, -0.05) is 0 Å². The first kappa shape index (κ1) is 3.89. The summed E-state index contributed by atoms with van der Waals surface area (Å²) in [6.45, 7) is 1.09. The van der Waals surface area contributed by atoms with Gasteiger partial charge >= 0.3 is 0 Å². The Balaban J connectivity index is 1.87. The summed E-state index contributed by atoms with van der Waals surface area (Å²) in [7, 11) is 0. The van der Waals surface area contributed by atoms with Crippen LogP contribution in [0.2, 0.25) is 0 Å². The van der Waals surface area contributed by atoms with Crippen LogP contribution in [0.5, 0.6) is 0 Å². The Bertz CT molecular complexity index is 92.3.